The summed E-state index contributed by atoms with van der Waals surface area (Å²) in [5.41, 5.74) is 0. The smallest absolute Gasteiger partial charge is 0.310 e. The van der Waals surface area contributed by atoms with Gasteiger partial charge in [0.2, 0.25) is 0 Å². The number of aliphatic hydroxyl groups is 1. The van der Waals surface area contributed by atoms with Gasteiger partial charge >= 0.3 is 11.9 Å². The summed E-state index contributed by atoms with van der Waals surface area (Å²) in [6, 6.07) is 0. The predicted molar refractivity (Wildman–Crippen MR) is 58.2 cm³/mol. The summed E-state index contributed by atoms with van der Waals surface area (Å²) in [6.07, 6.45) is -0.118. The minimum Gasteiger partial charge on any atom is -0.469 e. The Bertz CT molecular complexity index is 390. The second kappa shape index (κ2) is 4.68. The fourth-order valence-corrected chi connectivity index (χ4v) is 3.26. The Morgan fingerprint density at radius 3 is 2.22 bits per heavy atom. The molecular weight excluding hydrogens is 240 g/mol. The van der Waals surface area contributed by atoms with E-state index in [4.69, 9.17) is 0 Å². The molecule has 0 unspecified atom stereocenters. The summed E-state index contributed by atoms with van der Waals surface area (Å²) in [7, 11) is 2.45. The number of methoxy groups -OCH3 is 2. The monoisotopic (exact) mass is 256 g/mol. The van der Waals surface area contributed by atoms with E-state index in [-0.39, 0.29) is 5.78 Å². The molecule has 3 saturated carbocycles. The number of rotatable bonds is 2. The third-order valence-corrected chi connectivity index (χ3v) is 4.10. The first-order chi connectivity index (χ1) is 8.52. The zero-order chi connectivity index (χ0) is 13.4. The Labute approximate surface area is 104 Å². The maximum absolute atomic E-state index is 11.9. The van der Waals surface area contributed by atoms with E-state index in [1.54, 1.807) is 0 Å². The normalized spacial score (nSPS) is 38.4. The number of Topliss-reactive ketones (excluding diaryl/α,β-unsaturated/α-hetero) is 1. The van der Waals surface area contributed by atoms with Gasteiger partial charge in [-0.05, 0) is 12.8 Å². The molecule has 3 fully saturated rings. The maximum atomic E-state index is 11.9. The number of carbonyl (C=O) groups excluding carboxylic acids is 3. The van der Waals surface area contributed by atoms with Gasteiger partial charge in [0.25, 0.3) is 0 Å². The van der Waals surface area contributed by atoms with Gasteiger partial charge in [-0.1, -0.05) is 0 Å². The first kappa shape index (κ1) is 13.0. The summed E-state index contributed by atoms with van der Waals surface area (Å²) in [4.78, 5) is 35.4. The molecule has 6 heteroatoms. The molecule has 3 aliphatic rings. The fourth-order valence-electron chi connectivity index (χ4n) is 3.26. The van der Waals surface area contributed by atoms with Crippen LogP contribution in [0.4, 0.5) is 0 Å². The molecule has 0 amide bonds. The highest BCUT2D eigenvalue weighted by molar-refractivity contribution is 5.95. The van der Waals surface area contributed by atoms with Crippen LogP contribution in [-0.4, -0.2) is 43.2 Å². The van der Waals surface area contributed by atoms with Gasteiger partial charge in [0.1, 0.15) is 6.10 Å². The quantitative estimate of drug-likeness (QED) is 0.672. The van der Waals surface area contributed by atoms with Crippen molar-refractivity contribution in [1.82, 2.24) is 0 Å². The lowest BCUT2D eigenvalue weighted by Gasteiger charge is -2.46. The number of fused-ring (bicyclic) bond motifs is 3. The largest absolute Gasteiger partial charge is 0.469 e. The van der Waals surface area contributed by atoms with Gasteiger partial charge in [-0.15, -0.1) is 0 Å². The highest BCUT2D eigenvalue weighted by Gasteiger charge is 2.59. The van der Waals surface area contributed by atoms with Gasteiger partial charge in [0.15, 0.2) is 5.78 Å². The number of aliphatic hydroxyl groups excluding tert-OH is 1. The Balaban J connectivity index is 2.38. The highest BCUT2D eigenvalue weighted by atomic mass is 16.5. The van der Waals surface area contributed by atoms with Gasteiger partial charge in [0.05, 0.1) is 26.1 Å². The van der Waals surface area contributed by atoms with E-state index in [1.807, 2.05) is 0 Å². The molecule has 3 aliphatic carbocycles. The minimum absolute atomic E-state index is 0.359. The lowest BCUT2D eigenvalue weighted by molar-refractivity contribution is -0.181. The second-order valence-electron chi connectivity index (χ2n) is 4.79. The molecule has 0 radical (unpaired) electrons. The molecule has 18 heavy (non-hydrogen) atoms. The molecule has 2 bridgehead atoms. The van der Waals surface area contributed by atoms with Crippen molar-refractivity contribution in [2.75, 3.05) is 14.2 Å². The van der Waals surface area contributed by atoms with E-state index >= 15 is 0 Å². The molecule has 0 aliphatic heterocycles. The molecule has 3 rings (SSSR count). The van der Waals surface area contributed by atoms with E-state index < -0.39 is 41.7 Å². The molecule has 0 spiro atoms. The molecule has 0 aromatic carbocycles. The summed E-state index contributed by atoms with van der Waals surface area (Å²) >= 11 is 0. The SMILES string of the molecule is COC(=O)[C@@H]1[C@H]2CC[C@H](C(=O)[C@H]2O)[C@@H]1C(=O)OC. The van der Waals surface area contributed by atoms with Crippen molar-refractivity contribution in [3.63, 3.8) is 0 Å². The van der Waals surface area contributed by atoms with Crippen LogP contribution in [0.25, 0.3) is 0 Å². The molecule has 5 atom stereocenters. The lowest BCUT2D eigenvalue weighted by Crippen LogP contribution is -2.58. The van der Waals surface area contributed by atoms with Crippen LogP contribution >= 0.6 is 0 Å². The molecule has 0 aromatic heterocycles. The number of ether oxygens (including phenoxy) is 2. The number of esters is 2. The average Bonchev–Trinajstić information content (AvgIpc) is 2.41. The van der Waals surface area contributed by atoms with E-state index in [0.29, 0.717) is 12.8 Å². The highest BCUT2D eigenvalue weighted by Crippen LogP contribution is 2.48. The van der Waals surface area contributed by atoms with Crippen molar-refractivity contribution in [1.29, 1.82) is 0 Å². The third kappa shape index (κ3) is 1.71. The number of carbonyl (C=O) groups is 3. The zero-order valence-corrected chi connectivity index (χ0v) is 10.3. The van der Waals surface area contributed by atoms with Crippen LogP contribution < -0.4 is 0 Å². The van der Waals surface area contributed by atoms with Crippen molar-refractivity contribution >= 4 is 17.7 Å². The van der Waals surface area contributed by atoms with E-state index in [1.165, 1.54) is 14.2 Å². The Hall–Kier alpha value is -1.43. The van der Waals surface area contributed by atoms with Crippen molar-refractivity contribution in [3.05, 3.63) is 0 Å². The second-order valence-corrected chi connectivity index (χ2v) is 4.79. The molecule has 1 N–H and O–H groups in total. The van der Waals surface area contributed by atoms with Gasteiger partial charge in [-0.25, -0.2) is 0 Å². The number of ketones is 1. The molecular formula is C12H16O6. The first-order valence-electron chi connectivity index (χ1n) is 5.90. The third-order valence-electron chi connectivity index (χ3n) is 4.10. The Kier molecular flexibility index (Phi) is 3.38. The Morgan fingerprint density at radius 1 is 1.11 bits per heavy atom. The van der Waals surface area contributed by atoms with Crippen LogP contribution in [0, 0.1) is 23.7 Å². The van der Waals surface area contributed by atoms with Crippen LogP contribution in [0.5, 0.6) is 0 Å². The van der Waals surface area contributed by atoms with Crippen LogP contribution in [0.1, 0.15) is 12.8 Å². The fraction of sp³-hybridized carbons (Fsp3) is 0.750. The average molecular weight is 256 g/mol. The first-order valence-corrected chi connectivity index (χ1v) is 5.90. The molecule has 100 valence electrons. The molecule has 0 heterocycles. The van der Waals surface area contributed by atoms with E-state index in [9.17, 15) is 19.5 Å². The predicted octanol–water partition coefficient (Wildman–Crippen LogP) is -0.465. The van der Waals surface area contributed by atoms with Gasteiger partial charge in [-0.2, -0.15) is 0 Å². The van der Waals surface area contributed by atoms with Crippen molar-refractivity contribution < 1.29 is 29.0 Å². The van der Waals surface area contributed by atoms with E-state index in [0.717, 1.165) is 0 Å². The van der Waals surface area contributed by atoms with Crippen molar-refractivity contribution in [2.24, 2.45) is 23.7 Å². The van der Waals surface area contributed by atoms with E-state index in [2.05, 4.69) is 9.47 Å². The topological polar surface area (TPSA) is 89.9 Å². The summed E-state index contributed by atoms with van der Waals surface area (Å²) < 4.78 is 9.35. The number of hydrogen-bond donors (Lipinski definition) is 1. The summed E-state index contributed by atoms with van der Waals surface area (Å²) in [5.74, 6) is -4.29. The van der Waals surface area contributed by atoms with Crippen LogP contribution in [0.3, 0.4) is 0 Å². The maximum Gasteiger partial charge on any atom is 0.310 e. The summed E-state index contributed by atoms with van der Waals surface area (Å²) in [5, 5.41) is 9.85. The standard InChI is InChI=1S/C12H16O6/c1-17-11(15)7-5-3-4-6(10(14)9(5)13)8(7)12(16)18-2/h5-9,13H,3-4H2,1-2H3/t5-,6+,7-,8+,9+/m1/s1. The van der Waals surface area contributed by atoms with Crippen LogP contribution in [0.2, 0.25) is 0 Å². The van der Waals surface area contributed by atoms with Crippen molar-refractivity contribution in [2.45, 2.75) is 18.9 Å². The van der Waals surface area contributed by atoms with Crippen LogP contribution in [-0.2, 0) is 23.9 Å². The zero-order valence-electron chi connectivity index (χ0n) is 10.3. The van der Waals surface area contributed by atoms with Crippen molar-refractivity contribution in [3.8, 4) is 0 Å². The number of hydrogen-bond acceptors (Lipinski definition) is 6. The molecule has 6 nitrogen and oxygen atoms in total. The minimum atomic E-state index is -1.17. The molecule has 0 saturated heterocycles. The molecule has 0 aromatic rings. The van der Waals surface area contributed by atoms with Gasteiger partial charge in [-0.3, -0.25) is 14.4 Å². The van der Waals surface area contributed by atoms with Gasteiger partial charge in [0, 0.05) is 11.8 Å². The lowest BCUT2D eigenvalue weighted by atomic mass is 9.56. The van der Waals surface area contributed by atoms with Crippen LogP contribution in [0.15, 0.2) is 0 Å². The Morgan fingerprint density at radius 2 is 1.67 bits per heavy atom. The van der Waals surface area contributed by atoms with Gasteiger partial charge < -0.3 is 14.6 Å². The summed E-state index contributed by atoms with van der Waals surface area (Å²) in [6.45, 7) is 0.